The Morgan fingerprint density at radius 3 is 2.29 bits per heavy atom. The summed E-state index contributed by atoms with van der Waals surface area (Å²) in [5.74, 6) is -0.0911. The van der Waals surface area contributed by atoms with Crippen LogP contribution in [0.3, 0.4) is 0 Å². The quantitative estimate of drug-likeness (QED) is 0.133. The Kier molecular flexibility index (Phi) is 11.6. The molecule has 1 amide bonds. The van der Waals surface area contributed by atoms with Crippen LogP contribution in [0.4, 0.5) is 5.69 Å². The van der Waals surface area contributed by atoms with Gasteiger partial charge in [-0.25, -0.2) is 0 Å². The summed E-state index contributed by atoms with van der Waals surface area (Å²) in [5.41, 5.74) is 8.25. The van der Waals surface area contributed by atoms with E-state index in [4.69, 9.17) is 21.1 Å². The molecular formula is C41H45ClN4O6. The molecule has 3 heterocycles. The first-order valence-corrected chi connectivity index (χ1v) is 17.9. The van der Waals surface area contributed by atoms with E-state index in [-0.39, 0.29) is 23.6 Å². The number of methoxy groups -OCH3 is 2. The molecule has 52 heavy (non-hydrogen) atoms. The van der Waals surface area contributed by atoms with E-state index >= 15 is 0 Å². The first-order valence-electron chi connectivity index (χ1n) is 17.5. The third-order valence-electron chi connectivity index (χ3n) is 10.1. The number of pyridine rings is 1. The average Bonchev–Trinajstić information content (AvgIpc) is 3.78. The number of carbonyl (C=O) groups excluding carboxylic acids is 1. The molecule has 272 valence electrons. The Balaban J connectivity index is 1.18. The van der Waals surface area contributed by atoms with Crippen molar-refractivity contribution in [1.82, 2.24) is 14.8 Å². The molecule has 0 bridgehead atoms. The van der Waals surface area contributed by atoms with Crippen LogP contribution in [0.1, 0.15) is 56.7 Å². The Bertz CT molecular complexity index is 2000. The summed E-state index contributed by atoms with van der Waals surface area (Å²) in [6, 6.07) is 17.4. The normalized spacial score (nSPS) is 17.9. The number of likely N-dealkylation sites (tertiary alicyclic amines) is 2. The highest BCUT2D eigenvalue weighted by molar-refractivity contribution is 6.35. The predicted octanol–water partition coefficient (Wildman–Crippen LogP) is 6.93. The van der Waals surface area contributed by atoms with Crippen LogP contribution < -0.4 is 14.8 Å². The number of hydrogen-bond acceptors (Lipinski definition) is 8. The first-order chi connectivity index (χ1) is 25.0. The van der Waals surface area contributed by atoms with Gasteiger partial charge in [0.2, 0.25) is 0 Å². The lowest BCUT2D eigenvalue weighted by Crippen LogP contribution is -2.23. The molecular weight excluding hydrogens is 680 g/mol. The summed E-state index contributed by atoms with van der Waals surface area (Å²) in [6.07, 6.45) is 6.75. The number of hydrogen-bond donors (Lipinski definition) is 3. The van der Waals surface area contributed by atoms with Crippen LogP contribution in [0.25, 0.3) is 23.3 Å². The number of anilines is 1. The lowest BCUT2D eigenvalue weighted by atomic mass is 9.96. The van der Waals surface area contributed by atoms with Gasteiger partial charge in [0.25, 0.3) is 5.91 Å². The molecule has 2 aliphatic heterocycles. The maximum Gasteiger partial charge on any atom is 0.307 e. The van der Waals surface area contributed by atoms with E-state index < -0.39 is 5.97 Å². The zero-order valence-electron chi connectivity index (χ0n) is 30.0. The minimum Gasteiger partial charge on any atom is -0.496 e. The van der Waals surface area contributed by atoms with E-state index in [0.717, 1.165) is 69.8 Å². The second-order valence-electron chi connectivity index (χ2n) is 13.6. The van der Waals surface area contributed by atoms with Gasteiger partial charge >= 0.3 is 5.97 Å². The fraction of sp³-hybridized carbons (Fsp3) is 0.341. The Morgan fingerprint density at radius 2 is 1.58 bits per heavy atom. The fourth-order valence-electron chi connectivity index (χ4n) is 7.09. The van der Waals surface area contributed by atoms with Gasteiger partial charge in [0.15, 0.2) is 0 Å². The van der Waals surface area contributed by atoms with Crippen LogP contribution in [-0.4, -0.2) is 83.4 Å². The second kappa shape index (κ2) is 16.3. The predicted molar refractivity (Wildman–Crippen MR) is 204 cm³/mol. The Labute approximate surface area is 309 Å². The van der Waals surface area contributed by atoms with Crippen LogP contribution in [0, 0.1) is 19.8 Å². The number of aromatic nitrogens is 1. The molecule has 11 heteroatoms. The zero-order valence-corrected chi connectivity index (χ0v) is 30.7. The van der Waals surface area contributed by atoms with Gasteiger partial charge in [-0.1, -0.05) is 60.2 Å². The number of nitrogens with zero attached hydrogens (tertiary/aromatic N) is 3. The van der Waals surface area contributed by atoms with Gasteiger partial charge in [0.1, 0.15) is 17.2 Å². The SMILES string of the molecule is COc1cc(C(=O)Nc2cccc(-c3cccc(/C=C/c4cc(OC)c(CN5CC[C@@H](C(=O)O)C5)cc4C)c3Cl)c2C)ncc1CN1CC[C@@H](O)C1. The molecule has 0 radical (unpaired) electrons. The van der Waals surface area contributed by atoms with Gasteiger partial charge in [0.05, 0.1) is 31.3 Å². The number of aryl methyl sites for hydroxylation is 1. The van der Waals surface area contributed by atoms with Crippen LogP contribution in [-0.2, 0) is 17.9 Å². The van der Waals surface area contributed by atoms with E-state index in [1.54, 1.807) is 26.5 Å². The highest BCUT2D eigenvalue weighted by atomic mass is 35.5. The van der Waals surface area contributed by atoms with E-state index in [9.17, 15) is 19.8 Å². The zero-order chi connectivity index (χ0) is 36.9. The highest BCUT2D eigenvalue weighted by Crippen LogP contribution is 2.37. The fourth-order valence-corrected chi connectivity index (χ4v) is 7.38. The number of carbonyl (C=O) groups is 2. The molecule has 0 spiro atoms. The summed E-state index contributed by atoms with van der Waals surface area (Å²) in [7, 11) is 3.22. The van der Waals surface area contributed by atoms with Crippen molar-refractivity contribution in [2.75, 3.05) is 45.7 Å². The summed E-state index contributed by atoms with van der Waals surface area (Å²) in [6.45, 7) is 7.90. The largest absolute Gasteiger partial charge is 0.496 e. The molecule has 6 rings (SSSR count). The number of halogens is 1. The highest BCUT2D eigenvalue weighted by Gasteiger charge is 2.28. The maximum atomic E-state index is 13.4. The summed E-state index contributed by atoms with van der Waals surface area (Å²) >= 11 is 7.05. The lowest BCUT2D eigenvalue weighted by Gasteiger charge is -2.19. The number of aliphatic carboxylic acids is 1. The topological polar surface area (TPSA) is 124 Å². The number of carboxylic acid groups (broad SMARTS) is 1. The number of carboxylic acids is 1. The van der Waals surface area contributed by atoms with Crippen molar-refractivity contribution < 1.29 is 29.3 Å². The maximum absolute atomic E-state index is 13.4. The number of rotatable bonds is 12. The smallest absolute Gasteiger partial charge is 0.307 e. The minimum absolute atomic E-state index is 0.236. The van der Waals surface area contributed by atoms with Gasteiger partial charge in [-0.15, -0.1) is 0 Å². The third kappa shape index (κ3) is 8.32. The summed E-state index contributed by atoms with van der Waals surface area (Å²) in [4.78, 5) is 33.6. The molecule has 2 aliphatic rings. The number of nitrogens with one attached hydrogen (secondary N) is 1. The second-order valence-corrected chi connectivity index (χ2v) is 14.0. The van der Waals surface area contributed by atoms with Crippen molar-refractivity contribution in [2.24, 2.45) is 5.92 Å². The van der Waals surface area contributed by atoms with Crippen molar-refractivity contribution >= 4 is 41.3 Å². The summed E-state index contributed by atoms with van der Waals surface area (Å²) < 4.78 is 11.4. The van der Waals surface area contributed by atoms with E-state index in [2.05, 4.69) is 33.1 Å². The molecule has 1 aromatic heterocycles. The van der Waals surface area contributed by atoms with Gasteiger partial charge in [0, 0.05) is 67.4 Å². The molecule has 3 aromatic carbocycles. The summed E-state index contributed by atoms with van der Waals surface area (Å²) in [5, 5.41) is 22.9. The monoisotopic (exact) mass is 724 g/mol. The van der Waals surface area contributed by atoms with Crippen LogP contribution in [0.5, 0.6) is 11.5 Å². The Morgan fingerprint density at radius 1 is 0.904 bits per heavy atom. The number of β-amino-alcohol motifs (C(OH)–C–C–N with tert-alkyl or cyclic N) is 1. The molecule has 3 N–H and O–H groups in total. The van der Waals surface area contributed by atoms with Crippen LogP contribution in [0.15, 0.2) is 60.8 Å². The molecule has 2 atom stereocenters. The third-order valence-corrected chi connectivity index (χ3v) is 10.5. The van der Waals surface area contributed by atoms with Crippen molar-refractivity contribution in [3.8, 4) is 22.6 Å². The van der Waals surface area contributed by atoms with Gasteiger partial charge in [-0.3, -0.25) is 24.4 Å². The van der Waals surface area contributed by atoms with Crippen LogP contribution >= 0.6 is 11.6 Å². The standard InChI is InChI=1S/C41H45ClN4O6/c1-25-17-30(22-45-15-13-29(21-45)41(49)50)37(51-3)18-28(25)12-11-27-7-5-9-34(39(27)42)33-8-6-10-35(26(33)2)44-40(48)36-19-38(52-4)31(20-43-36)23-46-16-14-32(47)24-46/h5-12,17-20,29,32,47H,13-16,21-24H2,1-4H3,(H,44,48)(H,49,50)/b12-11+/t29-,32-/m1/s1. The molecule has 0 saturated carbocycles. The van der Waals surface area contributed by atoms with Gasteiger partial charge < -0.3 is 25.0 Å². The number of aliphatic hydroxyl groups excluding tert-OH is 1. The molecule has 10 nitrogen and oxygen atoms in total. The number of benzene rings is 3. The molecule has 0 aliphatic carbocycles. The number of ether oxygens (including phenoxy) is 2. The van der Waals surface area contributed by atoms with E-state index in [0.29, 0.717) is 49.1 Å². The van der Waals surface area contributed by atoms with E-state index in [1.165, 1.54) is 0 Å². The molecule has 2 saturated heterocycles. The van der Waals surface area contributed by atoms with Crippen LogP contribution in [0.2, 0.25) is 5.02 Å². The molecule has 4 aromatic rings. The van der Waals surface area contributed by atoms with Crippen molar-refractivity contribution in [3.05, 3.63) is 105 Å². The lowest BCUT2D eigenvalue weighted by molar-refractivity contribution is -0.141. The van der Waals surface area contributed by atoms with Crippen molar-refractivity contribution in [3.63, 3.8) is 0 Å². The molecule has 2 fully saturated rings. The number of aliphatic hydroxyl groups is 1. The van der Waals surface area contributed by atoms with E-state index in [1.807, 2.05) is 61.5 Å². The van der Waals surface area contributed by atoms with Gasteiger partial charge in [-0.05, 0) is 73.2 Å². The van der Waals surface area contributed by atoms with Crippen molar-refractivity contribution in [2.45, 2.75) is 45.9 Å². The average molecular weight is 725 g/mol. The number of amides is 1. The molecule has 0 unspecified atom stereocenters. The van der Waals surface area contributed by atoms with Gasteiger partial charge in [-0.2, -0.15) is 0 Å². The minimum atomic E-state index is -0.740. The van der Waals surface area contributed by atoms with Crippen molar-refractivity contribution in [1.29, 1.82) is 0 Å². The Hall–Kier alpha value is -4.74. The first kappa shape index (κ1) is 37.0.